The summed E-state index contributed by atoms with van der Waals surface area (Å²) < 4.78 is 12.4. The van der Waals surface area contributed by atoms with Crippen LogP contribution in [-0.2, 0) is 14.3 Å². The first-order valence-corrected chi connectivity index (χ1v) is 10.2. The van der Waals surface area contributed by atoms with Crippen molar-refractivity contribution in [2.24, 2.45) is 5.92 Å². The van der Waals surface area contributed by atoms with Gasteiger partial charge in [0, 0.05) is 28.4 Å². The Morgan fingerprint density at radius 2 is 2.04 bits per heavy atom. The second-order valence-electron chi connectivity index (χ2n) is 6.51. The van der Waals surface area contributed by atoms with Gasteiger partial charge >= 0.3 is 0 Å². The van der Waals surface area contributed by atoms with Gasteiger partial charge < -0.3 is 14.4 Å². The van der Waals surface area contributed by atoms with Gasteiger partial charge in [-0.25, -0.2) is 0 Å². The zero-order valence-corrected chi connectivity index (χ0v) is 16.6. The Kier molecular flexibility index (Phi) is 6.24. The summed E-state index contributed by atoms with van der Waals surface area (Å²) in [4.78, 5) is 15.8. The molecule has 6 heteroatoms. The Morgan fingerprint density at radius 3 is 2.79 bits per heavy atom. The number of aryl methyl sites for hydroxylation is 2. The second kappa shape index (κ2) is 8.21. The number of thioether (sulfide) groups is 1. The highest BCUT2D eigenvalue weighted by molar-refractivity contribution is 9.10. The summed E-state index contributed by atoms with van der Waals surface area (Å²) >= 11 is 5.18. The van der Waals surface area contributed by atoms with Gasteiger partial charge in [0.05, 0.1) is 19.0 Å². The standard InChI is InChI=1S/C18H24BrNO3S/c1-12-9-16(13(2)8-15(12)19)24-11-17(21)20-5-3-4-14(10-20)18-22-6-7-23-18/h8-9,14,18H,3-7,10-11H2,1-2H3. The van der Waals surface area contributed by atoms with Crippen molar-refractivity contribution in [1.82, 2.24) is 4.90 Å². The van der Waals surface area contributed by atoms with Gasteiger partial charge in [-0.15, -0.1) is 11.8 Å². The topological polar surface area (TPSA) is 38.8 Å². The van der Waals surface area contributed by atoms with Crippen molar-refractivity contribution in [3.8, 4) is 0 Å². The van der Waals surface area contributed by atoms with Crippen molar-refractivity contribution in [2.75, 3.05) is 32.1 Å². The largest absolute Gasteiger partial charge is 0.350 e. The molecule has 2 heterocycles. The zero-order chi connectivity index (χ0) is 17.1. The molecule has 1 atom stereocenters. The van der Waals surface area contributed by atoms with Crippen molar-refractivity contribution in [3.05, 3.63) is 27.7 Å². The van der Waals surface area contributed by atoms with Crippen LogP contribution >= 0.6 is 27.7 Å². The number of carbonyl (C=O) groups excluding carboxylic acids is 1. The van der Waals surface area contributed by atoms with Crippen LogP contribution in [0.3, 0.4) is 0 Å². The third kappa shape index (κ3) is 4.34. The van der Waals surface area contributed by atoms with Crippen molar-refractivity contribution >= 4 is 33.6 Å². The lowest BCUT2D eigenvalue weighted by Gasteiger charge is -2.34. The van der Waals surface area contributed by atoms with E-state index in [1.54, 1.807) is 11.8 Å². The molecule has 0 saturated carbocycles. The molecule has 1 unspecified atom stereocenters. The number of nitrogens with zero attached hydrogens (tertiary/aromatic N) is 1. The molecule has 2 fully saturated rings. The van der Waals surface area contributed by atoms with E-state index >= 15 is 0 Å². The number of hydrogen-bond acceptors (Lipinski definition) is 4. The fraction of sp³-hybridized carbons (Fsp3) is 0.611. The van der Waals surface area contributed by atoms with E-state index in [0.717, 1.165) is 30.4 Å². The van der Waals surface area contributed by atoms with E-state index in [2.05, 4.69) is 41.9 Å². The molecule has 0 aliphatic carbocycles. The van der Waals surface area contributed by atoms with Crippen molar-refractivity contribution in [1.29, 1.82) is 0 Å². The van der Waals surface area contributed by atoms with Gasteiger partial charge in [0.15, 0.2) is 6.29 Å². The molecule has 2 saturated heterocycles. The number of carbonyl (C=O) groups is 1. The third-order valence-electron chi connectivity index (χ3n) is 4.65. The lowest BCUT2D eigenvalue weighted by Crippen LogP contribution is -2.44. The van der Waals surface area contributed by atoms with E-state index in [1.165, 1.54) is 16.0 Å². The zero-order valence-electron chi connectivity index (χ0n) is 14.2. The molecule has 0 N–H and O–H groups in total. The molecular weight excluding hydrogens is 390 g/mol. The number of likely N-dealkylation sites (tertiary alicyclic amines) is 1. The molecule has 4 nitrogen and oxygen atoms in total. The predicted octanol–water partition coefficient (Wildman–Crippen LogP) is 3.77. The van der Waals surface area contributed by atoms with Gasteiger partial charge in [-0.2, -0.15) is 0 Å². The third-order valence-corrected chi connectivity index (χ3v) is 6.65. The summed E-state index contributed by atoms with van der Waals surface area (Å²) in [6, 6.07) is 4.27. The molecule has 1 amide bonds. The Morgan fingerprint density at radius 1 is 1.29 bits per heavy atom. The van der Waals surface area contributed by atoms with Gasteiger partial charge in [-0.1, -0.05) is 15.9 Å². The maximum atomic E-state index is 12.6. The summed E-state index contributed by atoms with van der Waals surface area (Å²) in [7, 11) is 0. The molecule has 0 bridgehead atoms. The van der Waals surface area contributed by atoms with Crippen molar-refractivity contribution in [2.45, 2.75) is 37.9 Å². The van der Waals surface area contributed by atoms with E-state index in [-0.39, 0.29) is 12.2 Å². The minimum absolute atomic E-state index is 0.121. The first-order valence-electron chi connectivity index (χ1n) is 8.45. The smallest absolute Gasteiger partial charge is 0.232 e. The van der Waals surface area contributed by atoms with E-state index in [1.807, 2.05) is 4.90 Å². The highest BCUT2D eigenvalue weighted by Gasteiger charge is 2.32. The number of piperidine rings is 1. The van der Waals surface area contributed by atoms with Crippen LogP contribution in [0.15, 0.2) is 21.5 Å². The number of benzene rings is 1. The Labute approximate surface area is 156 Å². The average molecular weight is 414 g/mol. The van der Waals surface area contributed by atoms with Crippen LogP contribution in [0.2, 0.25) is 0 Å². The lowest BCUT2D eigenvalue weighted by molar-refractivity contribution is -0.136. The number of amides is 1. The van der Waals surface area contributed by atoms with Gasteiger partial charge in [0.1, 0.15) is 0 Å². The fourth-order valence-electron chi connectivity index (χ4n) is 3.25. The monoisotopic (exact) mass is 413 g/mol. The first kappa shape index (κ1) is 18.2. The predicted molar refractivity (Wildman–Crippen MR) is 99.3 cm³/mol. The molecule has 0 spiro atoms. The quantitative estimate of drug-likeness (QED) is 0.704. The highest BCUT2D eigenvalue weighted by atomic mass is 79.9. The van der Waals surface area contributed by atoms with Crippen molar-refractivity contribution < 1.29 is 14.3 Å². The van der Waals surface area contributed by atoms with Gasteiger partial charge in [-0.3, -0.25) is 4.79 Å². The highest BCUT2D eigenvalue weighted by Crippen LogP contribution is 2.30. The van der Waals surface area contributed by atoms with E-state index < -0.39 is 0 Å². The molecule has 1 aromatic rings. The van der Waals surface area contributed by atoms with E-state index in [9.17, 15) is 4.79 Å². The van der Waals surface area contributed by atoms with Crippen LogP contribution in [-0.4, -0.2) is 49.2 Å². The summed E-state index contributed by atoms with van der Waals surface area (Å²) in [6.45, 7) is 7.11. The van der Waals surface area contributed by atoms with Crippen LogP contribution in [0.5, 0.6) is 0 Å². The summed E-state index contributed by atoms with van der Waals surface area (Å²) in [5.41, 5.74) is 2.40. The molecule has 3 rings (SSSR count). The fourth-order valence-corrected chi connectivity index (χ4v) is 4.71. The Bertz CT molecular complexity index is 604. The maximum absolute atomic E-state index is 12.6. The molecular formula is C18H24BrNO3S. The van der Waals surface area contributed by atoms with Crippen LogP contribution in [0.1, 0.15) is 24.0 Å². The number of halogens is 1. The Hall–Kier alpha value is -0.560. The van der Waals surface area contributed by atoms with Gasteiger partial charge in [0.2, 0.25) is 5.91 Å². The van der Waals surface area contributed by atoms with Crippen LogP contribution in [0, 0.1) is 19.8 Å². The maximum Gasteiger partial charge on any atom is 0.232 e. The molecule has 24 heavy (non-hydrogen) atoms. The molecule has 2 aliphatic heterocycles. The summed E-state index contributed by atoms with van der Waals surface area (Å²) in [6.07, 6.45) is 1.98. The molecule has 2 aliphatic rings. The number of hydrogen-bond donors (Lipinski definition) is 0. The van der Waals surface area contributed by atoms with Crippen LogP contribution in [0.4, 0.5) is 0 Å². The molecule has 1 aromatic carbocycles. The van der Waals surface area contributed by atoms with Gasteiger partial charge in [-0.05, 0) is 49.9 Å². The number of rotatable bonds is 4. The summed E-state index contributed by atoms with van der Waals surface area (Å²) in [5.74, 6) is 1.01. The second-order valence-corrected chi connectivity index (χ2v) is 8.38. The van der Waals surface area contributed by atoms with E-state index in [0.29, 0.717) is 24.9 Å². The SMILES string of the molecule is Cc1cc(SCC(=O)N2CCCC(C3OCCO3)C2)c(C)cc1Br. The Balaban J connectivity index is 1.55. The molecule has 0 radical (unpaired) electrons. The minimum Gasteiger partial charge on any atom is -0.350 e. The van der Waals surface area contributed by atoms with E-state index in [4.69, 9.17) is 9.47 Å². The summed E-state index contributed by atoms with van der Waals surface area (Å²) in [5, 5.41) is 0. The average Bonchev–Trinajstić information content (AvgIpc) is 3.11. The molecule has 132 valence electrons. The first-order chi connectivity index (χ1) is 11.5. The van der Waals surface area contributed by atoms with Crippen LogP contribution in [0.25, 0.3) is 0 Å². The van der Waals surface area contributed by atoms with Gasteiger partial charge in [0.25, 0.3) is 0 Å². The minimum atomic E-state index is -0.121. The lowest BCUT2D eigenvalue weighted by atomic mass is 9.97. The molecule has 0 aromatic heterocycles. The van der Waals surface area contributed by atoms with Crippen LogP contribution < -0.4 is 0 Å². The van der Waals surface area contributed by atoms with Crippen molar-refractivity contribution in [3.63, 3.8) is 0 Å². The normalized spacial score (nSPS) is 22.1. The number of ether oxygens (including phenoxy) is 2.